The summed E-state index contributed by atoms with van der Waals surface area (Å²) in [5.74, 6) is 0.593. The van der Waals surface area contributed by atoms with Crippen LogP contribution in [0.3, 0.4) is 0 Å². The number of piperidine rings is 1. The Hall–Kier alpha value is -2.37. The number of carbonyl (C=O) groups is 3. The lowest BCUT2D eigenvalue weighted by Crippen LogP contribution is -2.42. The molecule has 3 fully saturated rings. The van der Waals surface area contributed by atoms with E-state index in [4.69, 9.17) is 0 Å². The standard InChI is InChI=1S/C23H31N3O3/c27-21(9-6-17-4-2-1-3-5-17)25-12-10-18(11-13-25)15-26-16-19(14-22(26)28)23(29)24-20-7-8-20/h1-5,18-20H,6-16H2,(H,24,29). The highest BCUT2D eigenvalue weighted by molar-refractivity contribution is 5.89. The average molecular weight is 398 g/mol. The van der Waals surface area contributed by atoms with Crippen LogP contribution in [0.25, 0.3) is 0 Å². The molecule has 2 aliphatic heterocycles. The van der Waals surface area contributed by atoms with Gasteiger partial charge in [-0.3, -0.25) is 14.4 Å². The molecule has 1 unspecified atom stereocenters. The third-order valence-corrected chi connectivity index (χ3v) is 6.43. The van der Waals surface area contributed by atoms with Crippen molar-refractivity contribution in [1.29, 1.82) is 0 Å². The summed E-state index contributed by atoms with van der Waals surface area (Å²) in [5, 5.41) is 3.02. The monoisotopic (exact) mass is 397 g/mol. The molecule has 1 aliphatic carbocycles. The molecule has 0 aromatic heterocycles. The van der Waals surface area contributed by atoms with Gasteiger partial charge in [0.15, 0.2) is 0 Å². The minimum Gasteiger partial charge on any atom is -0.353 e. The molecule has 156 valence electrons. The van der Waals surface area contributed by atoms with Crippen LogP contribution in [0.4, 0.5) is 0 Å². The van der Waals surface area contributed by atoms with Crippen LogP contribution in [0, 0.1) is 11.8 Å². The van der Waals surface area contributed by atoms with E-state index < -0.39 is 0 Å². The number of nitrogens with one attached hydrogen (secondary N) is 1. The van der Waals surface area contributed by atoms with E-state index in [9.17, 15) is 14.4 Å². The maximum absolute atomic E-state index is 12.5. The molecular formula is C23H31N3O3. The van der Waals surface area contributed by atoms with Crippen molar-refractivity contribution in [2.45, 2.75) is 51.0 Å². The number of hydrogen-bond acceptors (Lipinski definition) is 3. The maximum Gasteiger partial charge on any atom is 0.225 e. The lowest BCUT2D eigenvalue weighted by Gasteiger charge is -2.34. The summed E-state index contributed by atoms with van der Waals surface area (Å²) in [6.45, 7) is 2.81. The van der Waals surface area contributed by atoms with Gasteiger partial charge in [-0.2, -0.15) is 0 Å². The molecule has 1 aromatic carbocycles. The summed E-state index contributed by atoms with van der Waals surface area (Å²) >= 11 is 0. The molecule has 1 N–H and O–H groups in total. The highest BCUT2D eigenvalue weighted by atomic mass is 16.2. The quantitative estimate of drug-likeness (QED) is 0.765. The van der Waals surface area contributed by atoms with Crippen LogP contribution in [0.2, 0.25) is 0 Å². The van der Waals surface area contributed by atoms with E-state index in [0.717, 1.165) is 51.7 Å². The second kappa shape index (κ2) is 8.97. The first-order valence-corrected chi connectivity index (χ1v) is 11.0. The number of likely N-dealkylation sites (tertiary alicyclic amines) is 2. The van der Waals surface area contributed by atoms with E-state index in [1.54, 1.807) is 0 Å². The maximum atomic E-state index is 12.5. The zero-order valence-electron chi connectivity index (χ0n) is 17.0. The fourth-order valence-corrected chi connectivity index (χ4v) is 4.40. The second-order valence-electron chi connectivity index (χ2n) is 8.79. The zero-order valence-corrected chi connectivity index (χ0v) is 17.0. The van der Waals surface area contributed by atoms with E-state index in [-0.39, 0.29) is 23.6 Å². The van der Waals surface area contributed by atoms with Crippen molar-refractivity contribution in [2.75, 3.05) is 26.2 Å². The Balaban J connectivity index is 1.18. The molecule has 1 aromatic rings. The third-order valence-electron chi connectivity index (χ3n) is 6.43. The Bertz CT molecular complexity index is 739. The van der Waals surface area contributed by atoms with Gasteiger partial charge in [0.05, 0.1) is 5.92 Å². The minimum absolute atomic E-state index is 0.0437. The smallest absolute Gasteiger partial charge is 0.225 e. The van der Waals surface area contributed by atoms with Gasteiger partial charge in [-0.05, 0) is 43.6 Å². The van der Waals surface area contributed by atoms with Crippen molar-refractivity contribution in [1.82, 2.24) is 15.1 Å². The Morgan fingerprint density at radius 2 is 1.76 bits per heavy atom. The SMILES string of the molecule is O=C(NC1CC1)C1CC(=O)N(CC2CCN(C(=O)CCc3ccccc3)CC2)C1. The summed E-state index contributed by atoms with van der Waals surface area (Å²) < 4.78 is 0. The topological polar surface area (TPSA) is 69.7 Å². The molecule has 1 saturated carbocycles. The van der Waals surface area contributed by atoms with Gasteiger partial charge < -0.3 is 15.1 Å². The number of amides is 3. The van der Waals surface area contributed by atoms with Crippen molar-refractivity contribution in [2.24, 2.45) is 11.8 Å². The van der Waals surface area contributed by atoms with Gasteiger partial charge in [0.2, 0.25) is 17.7 Å². The fraction of sp³-hybridized carbons (Fsp3) is 0.609. The van der Waals surface area contributed by atoms with Crippen molar-refractivity contribution < 1.29 is 14.4 Å². The molecule has 4 rings (SSSR count). The molecule has 6 nitrogen and oxygen atoms in total. The minimum atomic E-state index is -0.192. The molecule has 2 heterocycles. The van der Waals surface area contributed by atoms with E-state index in [2.05, 4.69) is 17.4 Å². The van der Waals surface area contributed by atoms with Gasteiger partial charge >= 0.3 is 0 Å². The zero-order chi connectivity index (χ0) is 20.2. The molecule has 0 spiro atoms. The van der Waals surface area contributed by atoms with E-state index in [1.807, 2.05) is 28.0 Å². The average Bonchev–Trinajstić information content (AvgIpc) is 3.48. The van der Waals surface area contributed by atoms with Crippen LogP contribution in [0.5, 0.6) is 0 Å². The number of nitrogens with zero attached hydrogens (tertiary/aromatic N) is 2. The van der Waals surface area contributed by atoms with Crippen molar-refractivity contribution in [3.05, 3.63) is 35.9 Å². The third kappa shape index (κ3) is 5.37. The van der Waals surface area contributed by atoms with Crippen LogP contribution in [0.15, 0.2) is 30.3 Å². The Morgan fingerprint density at radius 3 is 2.45 bits per heavy atom. The molecule has 3 amide bonds. The lowest BCUT2D eigenvalue weighted by molar-refractivity contribution is -0.133. The Morgan fingerprint density at radius 1 is 1.03 bits per heavy atom. The lowest BCUT2D eigenvalue weighted by atomic mass is 9.95. The summed E-state index contributed by atoms with van der Waals surface area (Å²) in [6, 6.07) is 10.5. The summed E-state index contributed by atoms with van der Waals surface area (Å²) in [5.41, 5.74) is 1.20. The van der Waals surface area contributed by atoms with Crippen molar-refractivity contribution >= 4 is 17.7 Å². The molecule has 2 saturated heterocycles. The first kappa shape index (κ1) is 19.9. The second-order valence-corrected chi connectivity index (χ2v) is 8.79. The molecule has 29 heavy (non-hydrogen) atoms. The van der Waals surface area contributed by atoms with Gasteiger partial charge in [0, 0.05) is 45.1 Å². The normalized spacial score (nSPS) is 22.8. The first-order chi connectivity index (χ1) is 14.1. The van der Waals surface area contributed by atoms with Crippen molar-refractivity contribution in [3.63, 3.8) is 0 Å². The molecule has 0 bridgehead atoms. The number of hydrogen-bond donors (Lipinski definition) is 1. The van der Waals surface area contributed by atoms with E-state index in [0.29, 0.717) is 31.3 Å². The number of rotatable bonds is 7. The summed E-state index contributed by atoms with van der Waals surface area (Å²) in [7, 11) is 0. The first-order valence-electron chi connectivity index (χ1n) is 11.0. The number of aryl methyl sites for hydroxylation is 1. The van der Waals surface area contributed by atoms with Crippen LogP contribution < -0.4 is 5.32 Å². The van der Waals surface area contributed by atoms with Crippen LogP contribution >= 0.6 is 0 Å². The van der Waals surface area contributed by atoms with E-state index in [1.165, 1.54) is 5.56 Å². The van der Waals surface area contributed by atoms with Gasteiger partial charge in [0.25, 0.3) is 0 Å². The van der Waals surface area contributed by atoms with Gasteiger partial charge in [-0.15, -0.1) is 0 Å². The molecule has 0 radical (unpaired) electrons. The largest absolute Gasteiger partial charge is 0.353 e. The Labute approximate surface area is 172 Å². The van der Waals surface area contributed by atoms with Crippen LogP contribution in [-0.4, -0.2) is 59.7 Å². The van der Waals surface area contributed by atoms with Crippen molar-refractivity contribution in [3.8, 4) is 0 Å². The van der Waals surface area contributed by atoms with Gasteiger partial charge in [-0.1, -0.05) is 30.3 Å². The summed E-state index contributed by atoms with van der Waals surface area (Å²) in [4.78, 5) is 40.9. The van der Waals surface area contributed by atoms with Crippen LogP contribution in [-0.2, 0) is 20.8 Å². The van der Waals surface area contributed by atoms with Gasteiger partial charge in [0.1, 0.15) is 0 Å². The number of carbonyl (C=O) groups excluding carboxylic acids is 3. The fourth-order valence-electron chi connectivity index (χ4n) is 4.40. The molecular weight excluding hydrogens is 366 g/mol. The predicted molar refractivity (Wildman–Crippen MR) is 110 cm³/mol. The van der Waals surface area contributed by atoms with Crippen LogP contribution in [0.1, 0.15) is 44.1 Å². The Kier molecular flexibility index (Phi) is 6.16. The predicted octanol–water partition coefficient (Wildman–Crippen LogP) is 1.98. The molecule has 3 aliphatic rings. The van der Waals surface area contributed by atoms with E-state index >= 15 is 0 Å². The highest BCUT2D eigenvalue weighted by Gasteiger charge is 2.37. The molecule has 1 atom stereocenters. The molecule has 6 heteroatoms. The van der Waals surface area contributed by atoms with Gasteiger partial charge in [-0.25, -0.2) is 0 Å². The highest BCUT2D eigenvalue weighted by Crippen LogP contribution is 2.26. The summed E-state index contributed by atoms with van der Waals surface area (Å²) in [6.07, 6.45) is 5.68. The number of benzene rings is 1.